The molecule has 0 aliphatic rings. The lowest BCUT2D eigenvalue weighted by Gasteiger charge is -2.07. The molecule has 0 aliphatic heterocycles. The number of aromatic carboxylic acids is 1. The molecule has 5 nitrogen and oxygen atoms in total. The molecule has 0 saturated carbocycles. The van der Waals surface area contributed by atoms with Crippen LogP contribution < -0.4 is 4.72 Å². The summed E-state index contributed by atoms with van der Waals surface area (Å²) in [4.78, 5) is 10.4. The van der Waals surface area contributed by atoms with Gasteiger partial charge in [0.1, 0.15) is 15.6 Å². The number of rotatable bonds is 5. The molecule has 0 radical (unpaired) electrons. The number of carboxylic acids is 1. The van der Waals surface area contributed by atoms with E-state index in [1.807, 2.05) is 0 Å². The van der Waals surface area contributed by atoms with E-state index in [9.17, 15) is 17.6 Å². The van der Waals surface area contributed by atoms with Crippen LogP contribution in [0, 0.1) is 5.82 Å². The zero-order chi connectivity index (χ0) is 15.6. The standard InChI is InChI=1S/C12H9ClFNO4S2/c13-8-5-7(1-2-9(8)14)6-15-21(18,19)10-3-4-20-11(10)12(16)17/h1-5,15H,6H2,(H,16,17). The molecular weight excluding hydrogens is 341 g/mol. The highest BCUT2D eigenvalue weighted by Gasteiger charge is 2.23. The van der Waals surface area contributed by atoms with E-state index < -0.39 is 21.8 Å². The molecule has 1 heterocycles. The second-order valence-corrected chi connectivity index (χ2v) is 7.05. The fourth-order valence-corrected chi connectivity index (χ4v) is 4.05. The molecule has 1 aromatic carbocycles. The fourth-order valence-electron chi connectivity index (χ4n) is 1.57. The lowest BCUT2D eigenvalue weighted by molar-refractivity contribution is 0.0698. The Morgan fingerprint density at radius 3 is 2.71 bits per heavy atom. The van der Waals surface area contributed by atoms with Crippen molar-refractivity contribution in [3.8, 4) is 0 Å². The molecular formula is C12H9ClFNO4S2. The van der Waals surface area contributed by atoms with E-state index in [1.54, 1.807) is 0 Å². The topological polar surface area (TPSA) is 83.5 Å². The maximum absolute atomic E-state index is 13.0. The van der Waals surface area contributed by atoms with Crippen molar-refractivity contribution in [1.29, 1.82) is 0 Å². The summed E-state index contributed by atoms with van der Waals surface area (Å²) in [5, 5.41) is 10.2. The van der Waals surface area contributed by atoms with Crippen LogP contribution in [-0.4, -0.2) is 19.5 Å². The van der Waals surface area contributed by atoms with Crippen molar-refractivity contribution >= 4 is 38.9 Å². The van der Waals surface area contributed by atoms with E-state index in [0.29, 0.717) is 5.56 Å². The Morgan fingerprint density at radius 2 is 2.10 bits per heavy atom. The van der Waals surface area contributed by atoms with Gasteiger partial charge in [-0.1, -0.05) is 17.7 Å². The first-order chi connectivity index (χ1) is 9.81. The van der Waals surface area contributed by atoms with Gasteiger partial charge < -0.3 is 5.11 Å². The van der Waals surface area contributed by atoms with E-state index >= 15 is 0 Å². The van der Waals surface area contributed by atoms with Crippen molar-refractivity contribution in [2.45, 2.75) is 11.4 Å². The van der Waals surface area contributed by atoms with Gasteiger partial charge >= 0.3 is 5.97 Å². The van der Waals surface area contributed by atoms with Gasteiger partial charge in [-0.15, -0.1) is 11.3 Å². The minimum atomic E-state index is -3.97. The highest BCUT2D eigenvalue weighted by Crippen LogP contribution is 2.22. The number of hydrogen-bond donors (Lipinski definition) is 2. The van der Waals surface area contributed by atoms with Gasteiger partial charge in [0.15, 0.2) is 0 Å². The third-order valence-corrected chi connectivity index (χ3v) is 5.33. The van der Waals surface area contributed by atoms with Crippen molar-refractivity contribution in [3.63, 3.8) is 0 Å². The Kier molecular flexibility index (Phi) is 4.62. The minimum Gasteiger partial charge on any atom is -0.477 e. The molecule has 112 valence electrons. The number of nitrogens with one attached hydrogen (secondary N) is 1. The second-order valence-electron chi connectivity index (χ2n) is 3.99. The first-order valence-corrected chi connectivity index (χ1v) is 8.30. The van der Waals surface area contributed by atoms with Gasteiger partial charge in [-0.05, 0) is 29.1 Å². The van der Waals surface area contributed by atoms with E-state index in [4.69, 9.17) is 16.7 Å². The Morgan fingerprint density at radius 1 is 1.38 bits per heavy atom. The number of halogens is 2. The number of hydrogen-bond acceptors (Lipinski definition) is 4. The summed E-state index contributed by atoms with van der Waals surface area (Å²) in [6.07, 6.45) is 0. The predicted molar refractivity (Wildman–Crippen MR) is 76.7 cm³/mol. The highest BCUT2D eigenvalue weighted by molar-refractivity contribution is 7.89. The maximum atomic E-state index is 13.0. The molecule has 0 aliphatic carbocycles. The van der Waals surface area contributed by atoms with Gasteiger partial charge in [0.25, 0.3) is 0 Å². The molecule has 0 fully saturated rings. The molecule has 0 saturated heterocycles. The summed E-state index contributed by atoms with van der Waals surface area (Å²) in [7, 11) is -3.97. The van der Waals surface area contributed by atoms with E-state index in [2.05, 4.69) is 4.72 Å². The predicted octanol–water partition coefficient (Wildman–Crippen LogP) is 2.72. The van der Waals surface area contributed by atoms with Gasteiger partial charge in [-0.2, -0.15) is 0 Å². The van der Waals surface area contributed by atoms with Crippen LogP contribution >= 0.6 is 22.9 Å². The van der Waals surface area contributed by atoms with Gasteiger partial charge in [-0.25, -0.2) is 22.3 Å². The summed E-state index contributed by atoms with van der Waals surface area (Å²) in [5.41, 5.74) is 0.456. The second kappa shape index (κ2) is 6.10. The molecule has 0 atom stereocenters. The summed E-state index contributed by atoms with van der Waals surface area (Å²) in [6, 6.07) is 5.02. The largest absolute Gasteiger partial charge is 0.477 e. The molecule has 0 unspecified atom stereocenters. The Balaban J connectivity index is 2.20. The third kappa shape index (κ3) is 3.59. The molecule has 0 bridgehead atoms. The molecule has 9 heteroatoms. The Bertz CT molecular complexity index is 788. The lowest BCUT2D eigenvalue weighted by atomic mass is 10.2. The quantitative estimate of drug-likeness (QED) is 0.869. The van der Waals surface area contributed by atoms with Crippen molar-refractivity contribution in [2.24, 2.45) is 0 Å². The van der Waals surface area contributed by atoms with Crippen LogP contribution in [0.4, 0.5) is 4.39 Å². The van der Waals surface area contributed by atoms with Crippen molar-refractivity contribution < 1.29 is 22.7 Å². The smallest absolute Gasteiger partial charge is 0.347 e. The maximum Gasteiger partial charge on any atom is 0.347 e. The normalized spacial score (nSPS) is 11.5. The van der Waals surface area contributed by atoms with Crippen LogP contribution in [0.15, 0.2) is 34.5 Å². The van der Waals surface area contributed by atoms with Crippen LogP contribution in [0.5, 0.6) is 0 Å². The molecule has 0 amide bonds. The Hall–Kier alpha value is -1.48. The molecule has 0 spiro atoms. The van der Waals surface area contributed by atoms with Crippen molar-refractivity contribution in [2.75, 3.05) is 0 Å². The van der Waals surface area contributed by atoms with Gasteiger partial charge in [0.2, 0.25) is 10.0 Å². The zero-order valence-corrected chi connectivity index (χ0v) is 12.7. The summed E-state index contributed by atoms with van der Waals surface area (Å²) >= 11 is 6.42. The molecule has 2 N–H and O–H groups in total. The van der Waals surface area contributed by atoms with Crippen molar-refractivity contribution in [3.05, 3.63) is 50.9 Å². The summed E-state index contributed by atoms with van der Waals surface area (Å²) in [5.74, 6) is -1.91. The summed E-state index contributed by atoms with van der Waals surface area (Å²) < 4.78 is 39.4. The molecule has 2 aromatic rings. The van der Waals surface area contributed by atoms with Gasteiger partial charge in [-0.3, -0.25) is 0 Å². The average Bonchev–Trinajstić information content (AvgIpc) is 2.90. The fraction of sp³-hybridized carbons (Fsp3) is 0.0833. The Labute approximate surface area is 129 Å². The molecule has 1 aromatic heterocycles. The van der Waals surface area contributed by atoms with E-state index in [-0.39, 0.29) is 21.3 Å². The average molecular weight is 350 g/mol. The molecule has 2 rings (SSSR count). The monoisotopic (exact) mass is 349 g/mol. The summed E-state index contributed by atoms with van der Waals surface area (Å²) in [6.45, 7) is -0.128. The number of thiophene rings is 1. The van der Waals surface area contributed by atoms with Crippen LogP contribution in [0.3, 0.4) is 0 Å². The number of carbonyl (C=O) groups is 1. The highest BCUT2D eigenvalue weighted by atomic mass is 35.5. The van der Waals surface area contributed by atoms with Gasteiger partial charge in [0.05, 0.1) is 5.02 Å². The van der Waals surface area contributed by atoms with Crippen LogP contribution in [-0.2, 0) is 16.6 Å². The first kappa shape index (κ1) is 15.9. The van der Waals surface area contributed by atoms with Crippen LogP contribution in [0.25, 0.3) is 0 Å². The number of sulfonamides is 1. The lowest BCUT2D eigenvalue weighted by Crippen LogP contribution is -2.24. The minimum absolute atomic E-state index is 0.117. The SMILES string of the molecule is O=C(O)c1sccc1S(=O)(=O)NCc1ccc(F)c(Cl)c1. The molecule has 21 heavy (non-hydrogen) atoms. The zero-order valence-electron chi connectivity index (χ0n) is 10.3. The first-order valence-electron chi connectivity index (χ1n) is 5.55. The van der Waals surface area contributed by atoms with Crippen LogP contribution in [0.2, 0.25) is 5.02 Å². The number of benzene rings is 1. The number of carboxylic acid groups (broad SMARTS) is 1. The van der Waals surface area contributed by atoms with Gasteiger partial charge in [0, 0.05) is 6.54 Å². The van der Waals surface area contributed by atoms with E-state index in [0.717, 1.165) is 17.4 Å². The van der Waals surface area contributed by atoms with Crippen molar-refractivity contribution in [1.82, 2.24) is 4.72 Å². The third-order valence-electron chi connectivity index (χ3n) is 2.56. The van der Waals surface area contributed by atoms with Crippen LogP contribution in [0.1, 0.15) is 15.2 Å². The van der Waals surface area contributed by atoms with E-state index in [1.165, 1.54) is 23.6 Å².